The highest BCUT2D eigenvalue weighted by atomic mass is 35.5. The van der Waals surface area contributed by atoms with Crippen molar-refractivity contribution >= 4 is 34.0 Å². The molecule has 2 aromatic heterocycles. The molecule has 0 aliphatic heterocycles. The molecule has 0 saturated heterocycles. The van der Waals surface area contributed by atoms with Crippen molar-refractivity contribution < 1.29 is 13.9 Å². The van der Waals surface area contributed by atoms with Gasteiger partial charge in [-0.1, -0.05) is 29.8 Å². The summed E-state index contributed by atoms with van der Waals surface area (Å²) in [6.07, 6.45) is 2.92. The molecule has 0 radical (unpaired) electrons. The second-order valence-electron chi connectivity index (χ2n) is 5.97. The summed E-state index contributed by atoms with van der Waals surface area (Å²) in [4.78, 5) is 16.7. The van der Waals surface area contributed by atoms with Gasteiger partial charge in [0.15, 0.2) is 5.76 Å². The summed E-state index contributed by atoms with van der Waals surface area (Å²) in [6, 6.07) is 14.9. The predicted molar refractivity (Wildman–Crippen MR) is 105 cm³/mol. The van der Waals surface area contributed by atoms with Crippen molar-refractivity contribution in [3.8, 4) is 16.9 Å². The number of hydrogen-bond donors (Lipinski definition) is 1. The Kier molecular flexibility index (Phi) is 4.30. The van der Waals surface area contributed by atoms with Crippen LogP contribution in [0, 0.1) is 0 Å². The number of anilines is 1. The molecule has 2 N–H and O–H groups in total. The summed E-state index contributed by atoms with van der Waals surface area (Å²) in [5.41, 5.74) is 9.17. The Morgan fingerprint density at radius 1 is 1.11 bits per heavy atom. The molecule has 0 spiro atoms. The van der Waals surface area contributed by atoms with E-state index >= 15 is 0 Å². The van der Waals surface area contributed by atoms with Crippen LogP contribution in [0.2, 0.25) is 5.02 Å². The van der Waals surface area contributed by atoms with Gasteiger partial charge in [0, 0.05) is 17.8 Å². The topological polar surface area (TPSA) is 78.4 Å². The average molecular weight is 379 g/mol. The van der Waals surface area contributed by atoms with Gasteiger partial charge in [0.05, 0.1) is 23.4 Å². The van der Waals surface area contributed by atoms with E-state index in [1.54, 1.807) is 13.2 Å². The lowest BCUT2D eigenvalue weighted by Crippen LogP contribution is -2.04. The van der Waals surface area contributed by atoms with E-state index in [2.05, 4.69) is 4.98 Å². The van der Waals surface area contributed by atoms with Crippen LogP contribution >= 0.6 is 11.6 Å². The van der Waals surface area contributed by atoms with Gasteiger partial charge in [-0.3, -0.25) is 9.78 Å². The van der Waals surface area contributed by atoms with Gasteiger partial charge in [0.25, 0.3) is 0 Å². The van der Waals surface area contributed by atoms with Crippen LogP contribution in [0.25, 0.3) is 22.1 Å². The highest BCUT2D eigenvalue weighted by Gasteiger charge is 2.22. The first kappa shape index (κ1) is 17.1. The minimum Gasteiger partial charge on any atom is -0.497 e. The Hall–Kier alpha value is -3.31. The number of aromatic nitrogens is 1. The molecular weight excluding hydrogens is 364 g/mol. The van der Waals surface area contributed by atoms with Crippen molar-refractivity contribution in [3.05, 3.63) is 77.3 Å². The normalized spacial score (nSPS) is 10.9. The number of rotatable bonds is 4. The number of ether oxygens (including phenoxy) is 1. The van der Waals surface area contributed by atoms with Crippen LogP contribution in [0.15, 0.2) is 65.3 Å². The molecule has 27 heavy (non-hydrogen) atoms. The number of nitrogens with two attached hydrogens (primary N) is 1. The van der Waals surface area contributed by atoms with E-state index in [-0.39, 0.29) is 17.0 Å². The monoisotopic (exact) mass is 378 g/mol. The molecule has 4 rings (SSSR count). The van der Waals surface area contributed by atoms with Crippen molar-refractivity contribution in [2.75, 3.05) is 12.8 Å². The van der Waals surface area contributed by atoms with Crippen molar-refractivity contribution in [3.63, 3.8) is 0 Å². The Morgan fingerprint density at radius 3 is 2.56 bits per heavy atom. The molecule has 2 aromatic carbocycles. The first-order valence-electron chi connectivity index (χ1n) is 8.19. The maximum atomic E-state index is 12.8. The summed E-state index contributed by atoms with van der Waals surface area (Å²) < 4.78 is 11.0. The van der Waals surface area contributed by atoms with Gasteiger partial charge in [-0.2, -0.15) is 0 Å². The number of methoxy groups -OCH3 is 1. The van der Waals surface area contributed by atoms with E-state index in [1.165, 1.54) is 12.4 Å². The van der Waals surface area contributed by atoms with Crippen molar-refractivity contribution in [1.82, 2.24) is 4.98 Å². The zero-order valence-corrected chi connectivity index (χ0v) is 15.2. The van der Waals surface area contributed by atoms with Gasteiger partial charge < -0.3 is 14.9 Å². The Bertz CT molecular complexity index is 1150. The molecule has 4 aromatic rings. The minimum absolute atomic E-state index is 0.0618. The number of carbonyl (C=O) groups excluding carboxylic acids is 1. The van der Waals surface area contributed by atoms with Crippen LogP contribution < -0.4 is 10.5 Å². The number of halogens is 1. The lowest BCUT2D eigenvalue weighted by Gasteiger charge is -2.03. The third kappa shape index (κ3) is 3.02. The third-order valence-corrected chi connectivity index (χ3v) is 4.70. The Balaban J connectivity index is 1.77. The highest BCUT2D eigenvalue weighted by molar-refractivity contribution is 6.35. The quantitative estimate of drug-likeness (QED) is 0.507. The fourth-order valence-electron chi connectivity index (χ4n) is 2.92. The number of nitrogen functional groups attached to an aromatic ring is 1. The van der Waals surface area contributed by atoms with Gasteiger partial charge >= 0.3 is 0 Å². The number of benzene rings is 2. The molecule has 6 heteroatoms. The number of pyridine rings is 1. The SMILES string of the molecule is COc1ccc(-c2ccc3c(N)c(C(=O)c4cnccc4Cl)oc3c2)cc1. The zero-order chi connectivity index (χ0) is 19.0. The second-order valence-corrected chi connectivity index (χ2v) is 6.38. The smallest absolute Gasteiger partial charge is 0.233 e. The molecule has 0 fully saturated rings. The summed E-state index contributed by atoms with van der Waals surface area (Å²) >= 11 is 6.10. The number of furan rings is 1. The molecular formula is C21H15ClN2O3. The molecule has 0 amide bonds. The van der Waals surface area contributed by atoms with Gasteiger partial charge in [-0.15, -0.1) is 0 Å². The summed E-state index contributed by atoms with van der Waals surface area (Å²) in [5.74, 6) is 0.447. The van der Waals surface area contributed by atoms with Crippen LogP contribution in [-0.4, -0.2) is 17.9 Å². The molecule has 134 valence electrons. The lowest BCUT2D eigenvalue weighted by molar-refractivity contribution is 0.101. The van der Waals surface area contributed by atoms with Crippen LogP contribution in [0.3, 0.4) is 0 Å². The lowest BCUT2D eigenvalue weighted by atomic mass is 10.0. The molecule has 0 unspecified atom stereocenters. The highest BCUT2D eigenvalue weighted by Crippen LogP contribution is 2.34. The van der Waals surface area contributed by atoms with E-state index in [9.17, 15) is 4.79 Å². The molecule has 0 bridgehead atoms. The first-order valence-corrected chi connectivity index (χ1v) is 8.57. The van der Waals surface area contributed by atoms with E-state index in [0.29, 0.717) is 16.0 Å². The number of ketones is 1. The van der Waals surface area contributed by atoms with Crippen LogP contribution in [-0.2, 0) is 0 Å². The van der Waals surface area contributed by atoms with E-state index in [1.807, 2.05) is 42.5 Å². The largest absolute Gasteiger partial charge is 0.497 e. The molecule has 5 nitrogen and oxygen atoms in total. The van der Waals surface area contributed by atoms with E-state index in [0.717, 1.165) is 16.9 Å². The molecule has 0 aliphatic carbocycles. The van der Waals surface area contributed by atoms with Gasteiger partial charge in [-0.25, -0.2) is 0 Å². The standard InChI is InChI=1S/C21H15ClN2O3/c1-26-14-5-2-12(3-6-14)13-4-7-15-18(10-13)27-21(19(15)23)20(25)16-11-24-9-8-17(16)22/h2-11H,23H2,1H3. The third-order valence-electron chi connectivity index (χ3n) is 4.37. The van der Waals surface area contributed by atoms with E-state index < -0.39 is 5.78 Å². The maximum Gasteiger partial charge on any atom is 0.233 e. The molecule has 0 aliphatic rings. The van der Waals surface area contributed by atoms with Crippen molar-refractivity contribution in [2.24, 2.45) is 0 Å². The predicted octanol–water partition coefficient (Wildman–Crippen LogP) is 4.97. The van der Waals surface area contributed by atoms with Gasteiger partial charge in [0.1, 0.15) is 11.3 Å². The Morgan fingerprint density at radius 2 is 1.85 bits per heavy atom. The van der Waals surface area contributed by atoms with Crippen LogP contribution in [0.4, 0.5) is 5.69 Å². The summed E-state index contributed by atoms with van der Waals surface area (Å²) in [5, 5.41) is 0.976. The second kappa shape index (κ2) is 6.78. The summed E-state index contributed by atoms with van der Waals surface area (Å²) in [7, 11) is 1.62. The number of nitrogens with zero attached hydrogens (tertiary/aromatic N) is 1. The van der Waals surface area contributed by atoms with Gasteiger partial charge in [-0.05, 0) is 41.5 Å². The van der Waals surface area contributed by atoms with Gasteiger partial charge in [0.2, 0.25) is 5.78 Å². The number of hydrogen-bond acceptors (Lipinski definition) is 5. The van der Waals surface area contributed by atoms with E-state index in [4.69, 9.17) is 26.5 Å². The minimum atomic E-state index is -0.396. The zero-order valence-electron chi connectivity index (χ0n) is 14.4. The maximum absolute atomic E-state index is 12.8. The molecule has 2 heterocycles. The number of fused-ring (bicyclic) bond motifs is 1. The fraction of sp³-hybridized carbons (Fsp3) is 0.0476. The average Bonchev–Trinajstić information content (AvgIpc) is 3.04. The summed E-state index contributed by atoms with van der Waals surface area (Å²) in [6.45, 7) is 0. The Labute approximate surface area is 160 Å². The van der Waals surface area contributed by atoms with Crippen molar-refractivity contribution in [1.29, 1.82) is 0 Å². The fourth-order valence-corrected chi connectivity index (χ4v) is 3.11. The van der Waals surface area contributed by atoms with Crippen LogP contribution in [0.5, 0.6) is 5.75 Å². The first-order chi connectivity index (χ1) is 13.1. The number of carbonyl (C=O) groups is 1. The molecule has 0 atom stereocenters. The molecule has 0 saturated carbocycles. The van der Waals surface area contributed by atoms with Crippen molar-refractivity contribution in [2.45, 2.75) is 0 Å². The van der Waals surface area contributed by atoms with Crippen LogP contribution in [0.1, 0.15) is 16.1 Å².